The van der Waals surface area contributed by atoms with Gasteiger partial charge in [-0.05, 0) is 18.8 Å². The van der Waals surface area contributed by atoms with Crippen molar-refractivity contribution >= 4 is 12.0 Å². The van der Waals surface area contributed by atoms with E-state index in [0.29, 0.717) is 5.92 Å². The first kappa shape index (κ1) is 12.5. The number of hydrogen-bond donors (Lipinski definition) is 3. The molecular weight excluding hydrogens is 208 g/mol. The summed E-state index contributed by atoms with van der Waals surface area (Å²) in [4.78, 5) is 21.3. The second kappa shape index (κ2) is 6.87. The number of carbonyl (C=O) groups excluding carboxylic acids is 1. The molecule has 0 aliphatic heterocycles. The highest BCUT2D eigenvalue weighted by Gasteiger charge is 2.11. The molecule has 0 heterocycles. The zero-order valence-corrected chi connectivity index (χ0v) is 9.24. The Balaban J connectivity index is 2.07. The third-order valence-electron chi connectivity index (χ3n) is 2.61. The van der Waals surface area contributed by atoms with Crippen molar-refractivity contribution in [3.05, 3.63) is 12.3 Å². The topological polar surface area (TPSA) is 78.4 Å². The van der Waals surface area contributed by atoms with E-state index in [9.17, 15) is 9.59 Å². The van der Waals surface area contributed by atoms with Crippen LogP contribution >= 0.6 is 0 Å². The Kier molecular flexibility index (Phi) is 5.39. The molecule has 90 valence electrons. The fraction of sp³-hybridized carbons (Fsp3) is 0.636. The van der Waals surface area contributed by atoms with Crippen LogP contribution in [0.5, 0.6) is 0 Å². The molecule has 2 amide bonds. The second-order valence-electron chi connectivity index (χ2n) is 3.95. The second-order valence-corrected chi connectivity index (χ2v) is 3.95. The lowest BCUT2D eigenvalue weighted by Crippen LogP contribution is -2.33. The van der Waals surface area contributed by atoms with Crippen LogP contribution in [0, 0.1) is 5.92 Å². The van der Waals surface area contributed by atoms with Crippen molar-refractivity contribution in [2.45, 2.75) is 32.1 Å². The van der Waals surface area contributed by atoms with Crippen molar-refractivity contribution in [3.63, 3.8) is 0 Å². The van der Waals surface area contributed by atoms with Crippen molar-refractivity contribution in [2.75, 3.05) is 6.54 Å². The molecule has 0 radical (unpaired) electrons. The number of allylic oxidation sites excluding steroid dienone is 1. The van der Waals surface area contributed by atoms with Crippen molar-refractivity contribution in [2.24, 2.45) is 5.92 Å². The number of rotatable bonds is 5. The van der Waals surface area contributed by atoms with Crippen LogP contribution in [0.15, 0.2) is 12.3 Å². The van der Waals surface area contributed by atoms with Crippen LogP contribution in [0.25, 0.3) is 0 Å². The highest BCUT2D eigenvalue weighted by molar-refractivity contribution is 5.75. The summed E-state index contributed by atoms with van der Waals surface area (Å²) in [7, 11) is 0. The Morgan fingerprint density at radius 3 is 2.62 bits per heavy atom. The van der Waals surface area contributed by atoms with E-state index in [0.717, 1.165) is 0 Å². The maximum atomic E-state index is 11.1. The molecular formula is C11H18N2O3. The van der Waals surface area contributed by atoms with Crippen molar-refractivity contribution in [3.8, 4) is 0 Å². The van der Waals surface area contributed by atoms with Gasteiger partial charge in [0.05, 0.1) is 6.42 Å². The standard InChI is InChI=1S/C11H18N2O3/c14-10(15)6-8-13-11(16)12-7-5-9-3-1-2-4-9/h5,7,9H,1-4,6,8H2,(H,14,15)(H2,12,13,16)/b7-5+. The maximum absolute atomic E-state index is 11.1. The van der Waals surface area contributed by atoms with Gasteiger partial charge in [-0.2, -0.15) is 0 Å². The number of hydrogen-bond acceptors (Lipinski definition) is 2. The highest BCUT2D eigenvalue weighted by Crippen LogP contribution is 2.25. The normalized spacial score (nSPS) is 16.5. The van der Waals surface area contributed by atoms with Crippen molar-refractivity contribution < 1.29 is 14.7 Å². The largest absolute Gasteiger partial charge is 0.481 e. The first-order chi connectivity index (χ1) is 7.68. The number of urea groups is 1. The zero-order valence-electron chi connectivity index (χ0n) is 9.24. The highest BCUT2D eigenvalue weighted by atomic mass is 16.4. The quantitative estimate of drug-likeness (QED) is 0.664. The van der Waals surface area contributed by atoms with Gasteiger partial charge in [-0.15, -0.1) is 0 Å². The molecule has 0 atom stereocenters. The summed E-state index contributed by atoms with van der Waals surface area (Å²) in [6.45, 7) is 0.151. The third-order valence-corrected chi connectivity index (χ3v) is 2.61. The van der Waals surface area contributed by atoms with E-state index in [1.54, 1.807) is 6.20 Å². The molecule has 5 heteroatoms. The van der Waals surface area contributed by atoms with Gasteiger partial charge in [0, 0.05) is 12.7 Å². The Morgan fingerprint density at radius 2 is 2.00 bits per heavy atom. The summed E-state index contributed by atoms with van der Waals surface area (Å²) < 4.78 is 0. The lowest BCUT2D eigenvalue weighted by Gasteiger charge is -2.03. The lowest BCUT2D eigenvalue weighted by molar-refractivity contribution is -0.136. The number of aliphatic carboxylic acids is 1. The van der Waals surface area contributed by atoms with Crippen LogP contribution in [0.2, 0.25) is 0 Å². The van der Waals surface area contributed by atoms with Crippen LogP contribution in [0.3, 0.4) is 0 Å². The minimum Gasteiger partial charge on any atom is -0.481 e. The Morgan fingerprint density at radius 1 is 1.31 bits per heavy atom. The molecule has 1 aliphatic rings. The lowest BCUT2D eigenvalue weighted by atomic mass is 10.1. The van der Waals surface area contributed by atoms with Gasteiger partial charge < -0.3 is 15.7 Å². The van der Waals surface area contributed by atoms with Gasteiger partial charge in [-0.3, -0.25) is 4.79 Å². The molecule has 1 rings (SSSR count). The molecule has 0 aromatic heterocycles. The first-order valence-electron chi connectivity index (χ1n) is 5.61. The smallest absolute Gasteiger partial charge is 0.318 e. The molecule has 3 N–H and O–H groups in total. The molecule has 16 heavy (non-hydrogen) atoms. The molecule has 5 nitrogen and oxygen atoms in total. The predicted octanol–water partition coefficient (Wildman–Crippen LogP) is 1.46. The van der Waals surface area contributed by atoms with E-state index in [4.69, 9.17) is 5.11 Å². The van der Waals surface area contributed by atoms with E-state index in [1.165, 1.54) is 25.7 Å². The van der Waals surface area contributed by atoms with E-state index in [-0.39, 0.29) is 19.0 Å². The summed E-state index contributed by atoms with van der Waals surface area (Å²) in [5.74, 6) is -0.332. The average Bonchev–Trinajstić information content (AvgIpc) is 2.70. The summed E-state index contributed by atoms with van der Waals surface area (Å²) in [5.41, 5.74) is 0. The predicted molar refractivity (Wildman–Crippen MR) is 59.9 cm³/mol. The molecule has 0 saturated heterocycles. The SMILES string of the molecule is O=C(O)CCNC(=O)N/C=C/C1CCCC1. The Labute approximate surface area is 94.9 Å². The third kappa shape index (κ3) is 5.38. The summed E-state index contributed by atoms with van der Waals surface area (Å²) in [6.07, 6.45) is 8.51. The van der Waals surface area contributed by atoms with E-state index in [2.05, 4.69) is 10.6 Å². The minimum atomic E-state index is -0.915. The first-order valence-corrected chi connectivity index (χ1v) is 5.61. The summed E-state index contributed by atoms with van der Waals surface area (Å²) >= 11 is 0. The molecule has 0 unspecified atom stereocenters. The van der Waals surface area contributed by atoms with E-state index in [1.807, 2.05) is 6.08 Å². The van der Waals surface area contributed by atoms with Crippen molar-refractivity contribution in [1.82, 2.24) is 10.6 Å². The van der Waals surface area contributed by atoms with Gasteiger partial charge in [0.2, 0.25) is 0 Å². The fourth-order valence-electron chi connectivity index (χ4n) is 1.74. The number of carbonyl (C=O) groups is 2. The summed E-state index contributed by atoms with van der Waals surface area (Å²) in [5, 5.41) is 13.4. The monoisotopic (exact) mass is 226 g/mol. The summed E-state index contributed by atoms with van der Waals surface area (Å²) in [6, 6.07) is -0.351. The van der Waals surface area contributed by atoms with Gasteiger partial charge in [0.25, 0.3) is 0 Å². The molecule has 0 bridgehead atoms. The number of carboxylic acids is 1. The van der Waals surface area contributed by atoms with Gasteiger partial charge in [-0.25, -0.2) is 4.79 Å². The number of carboxylic acid groups (broad SMARTS) is 1. The zero-order chi connectivity index (χ0) is 11.8. The average molecular weight is 226 g/mol. The Bertz CT molecular complexity index is 270. The number of nitrogens with one attached hydrogen (secondary N) is 2. The Hall–Kier alpha value is -1.52. The van der Waals surface area contributed by atoms with Crippen LogP contribution in [0.4, 0.5) is 4.79 Å². The van der Waals surface area contributed by atoms with Gasteiger partial charge >= 0.3 is 12.0 Å². The van der Waals surface area contributed by atoms with E-state index < -0.39 is 5.97 Å². The minimum absolute atomic E-state index is 0.0558. The van der Waals surface area contributed by atoms with Crippen LogP contribution in [-0.2, 0) is 4.79 Å². The van der Waals surface area contributed by atoms with E-state index >= 15 is 0 Å². The van der Waals surface area contributed by atoms with Gasteiger partial charge in [0.15, 0.2) is 0 Å². The van der Waals surface area contributed by atoms with Crippen LogP contribution in [-0.4, -0.2) is 23.7 Å². The van der Waals surface area contributed by atoms with Crippen LogP contribution in [0.1, 0.15) is 32.1 Å². The molecule has 0 aromatic rings. The van der Waals surface area contributed by atoms with Gasteiger partial charge in [-0.1, -0.05) is 18.9 Å². The molecule has 1 aliphatic carbocycles. The molecule has 0 aromatic carbocycles. The van der Waals surface area contributed by atoms with Crippen molar-refractivity contribution in [1.29, 1.82) is 0 Å². The molecule has 0 spiro atoms. The van der Waals surface area contributed by atoms with Crippen LogP contribution < -0.4 is 10.6 Å². The molecule has 1 fully saturated rings. The maximum Gasteiger partial charge on any atom is 0.318 e. The number of amides is 2. The fourth-order valence-corrected chi connectivity index (χ4v) is 1.74. The van der Waals surface area contributed by atoms with Gasteiger partial charge in [0.1, 0.15) is 0 Å². The molecule has 1 saturated carbocycles.